The number of amides is 1. The molecule has 156 valence electrons. The monoisotopic (exact) mass is 414 g/mol. The van der Waals surface area contributed by atoms with Crippen LogP contribution in [0.1, 0.15) is 50.7 Å². The van der Waals surface area contributed by atoms with Crippen molar-refractivity contribution in [1.29, 1.82) is 0 Å². The Morgan fingerprint density at radius 2 is 1.55 bits per heavy atom. The minimum Gasteiger partial charge on any atom is -0.326 e. The van der Waals surface area contributed by atoms with Crippen LogP contribution in [0.5, 0.6) is 0 Å². The fourth-order valence-corrected chi connectivity index (χ4v) is 5.12. The van der Waals surface area contributed by atoms with Gasteiger partial charge in [0.1, 0.15) is 0 Å². The lowest BCUT2D eigenvalue weighted by atomic mass is 9.96. The van der Waals surface area contributed by atoms with Crippen LogP contribution in [0.3, 0.4) is 0 Å². The molecule has 0 aromatic heterocycles. The fourth-order valence-electron chi connectivity index (χ4n) is 3.60. The molecule has 1 heterocycles. The van der Waals surface area contributed by atoms with Crippen LogP contribution >= 0.6 is 0 Å². The van der Waals surface area contributed by atoms with Crippen molar-refractivity contribution < 1.29 is 13.2 Å². The summed E-state index contributed by atoms with van der Waals surface area (Å²) in [7, 11) is -3.44. The van der Waals surface area contributed by atoms with Crippen LogP contribution in [0.15, 0.2) is 53.4 Å². The number of sulfonamides is 1. The van der Waals surface area contributed by atoms with E-state index in [1.54, 1.807) is 24.3 Å². The fraction of sp³-hybridized carbons (Fsp3) is 0.435. The van der Waals surface area contributed by atoms with Gasteiger partial charge in [0, 0.05) is 18.8 Å². The molecule has 1 fully saturated rings. The third-order valence-corrected chi connectivity index (χ3v) is 7.25. The number of nitrogens with zero attached hydrogens (tertiary/aromatic N) is 1. The number of rotatable bonds is 7. The van der Waals surface area contributed by atoms with E-state index >= 15 is 0 Å². The number of carbonyl (C=O) groups is 1. The van der Waals surface area contributed by atoms with Gasteiger partial charge in [0.25, 0.3) is 0 Å². The number of carbonyl (C=O) groups excluding carboxylic acids is 1. The average molecular weight is 415 g/mol. The molecule has 2 aromatic carbocycles. The van der Waals surface area contributed by atoms with Crippen molar-refractivity contribution in [2.24, 2.45) is 5.92 Å². The van der Waals surface area contributed by atoms with Gasteiger partial charge in [-0.25, -0.2) is 8.42 Å². The SMILES string of the molecule is CC(C)Cc1ccc(C(C)C(=O)Nc2ccc(S(=O)(=O)N3CCCC3)cc2)cc1. The second-order valence-electron chi connectivity index (χ2n) is 8.19. The maximum absolute atomic E-state index is 12.6. The zero-order valence-corrected chi connectivity index (χ0v) is 18.2. The summed E-state index contributed by atoms with van der Waals surface area (Å²) < 4.78 is 26.7. The zero-order valence-electron chi connectivity index (χ0n) is 17.4. The van der Waals surface area contributed by atoms with Gasteiger partial charge < -0.3 is 5.32 Å². The van der Waals surface area contributed by atoms with Crippen LogP contribution in [0, 0.1) is 5.92 Å². The van der Waals surface area contributed by atoms with Gasteiger partial charge in [-0.1, -0.05) is 38.1 Å². The van der Waals surface area contributed by atoms with Crippen LogP contribution < -0.4 is 5.32 Å². The third-order valence-electron chi connectivity index (χ3n) is 5.34. The smallest absolute Gasteiger partial charge is 0.243 e. The molecule has 1 N–H and O–H groups in total. The van der Waals surface area contributed by atoms with E-state index in [9.17, 15) is 13.2 Å². The van der Waals surface area contributed by atoms with Gasteiger partial charge in [0.05, 0.1) is 10.8 Å². The quantitative estimate of drug-likeness (QED) is 0.730. The lowest BCUT2D eigenvalue weighted by Crippen LogP contribution is -2.27. The summed E-state index contributed by atoms with van der Waals surface area (Å²) in [5.41, 5.74) is 2.83. The Bertz CT molecular complexity index is 929. The van der Waals surface area contributed by atoms with E-state index in [2.05, 4.69) is 31.3 Å². The van der Waals surface area contributed by atoms with Crippen molar-refractivity contribution in [3.63, 3.8) is 0 Å². The summed E-state index contributed by atoms with van der Waals surface area (Å²) in [4.78, 5) is 12.9. The molecular weight excluding hydrogens is 384 g/mol. The van der Waals surface area contributed by atoms with Crippen LogP contribution in [0.25, 0.3) is 0 Å². The van der Waals surface area contributed by atoms with E-state index in [1.807, 2.05) is 19.1 Å². The van der Waals surface area contributed by atoms with Crippen LogP contribution in [-0.2, 0) is 21.2 Å². The lowest BCUT2D eigenvalue weighted by Gasteiger charge is -2.16. The van der Waals surface area contributed by atoms with E-state index in [0.717, 1.165) is 24.8 Å². The maximum Gasteiger partial charge on any atom is 0.243 e. The average Bonchev–Trinajstić information content (AvgIpc) is 3.24. The molecule has 0 bridgehead atoms. The Morgan fingerprint density at radius 3 is 2.10 bits per heavy atom. The van der Waals surface area contributed by atoms with Gasteiger partial charge in [-0.2, -0.15) is 4.31 Å². The predicted octanol–water partition coefficient (Wildman–Crippen LogP) is 4.41. The van der Waals surface area contributed by atoms with Crippen molar-refractivity contribution in [2.75, 3.05) is 18.4 Å². The largest absolute Gasteiger partial charge is 0.326 e. The molecule has 1 unspecified atom stereocenters. The van der Waals surface area contributed by atoms with E-state index in [1.165, 1.54) is 9.87 Å². The summed E-state index contributed by atoms with van der Waals surface area (Å²) in [5, 5.41) is 2.89. The van der Waals surface area contributed by atoms with Gasteiger partial charge in [0.15, 0.2) is 0 Å². The van der Waals surface area contributed by atoms with Crippen molar-refractivity contribution in [3.05, 3.63) is 59.7 Å². The van der Waals surface area contributed by atoms with E-state index in [-0.39, 0.29) is 16.7 Å². The van der Waals surface area contributed by atoms with Crippen LogP contribution in [-0.4, -0.2) is 31.7 Å². The normalized spacial score (nSPS) is 16.1. The standard InChI is InChI=1S/C23H30N2O3S/c1-17(2)16-19-6-8-20(9-7-19)18(3)23(26)24-21-10-12-22(13-11-21)29(27,28)25-14-4-5-15-25/h6-13,17-18H,4-5,14-16H2,1-3H3,(H,24,26). The zero-order chi connectivity index (χ0) is 21.0. The highest BCUT2D eigenvalue weighted by Gasteiger charge is 2.27. The van der Waals surface area contributed by atoms with E-state index in [4.69, 9.17) is 0 Å². The number of nitrogens with one attached hydrogen (secondary N) is 1. The topological polar surface area (TPSA) is 66.5 Å². The molecule has 29 heavy (non-hydrogen) atoms. The van der Waals surface area contributed by atoms with Crippen molar-refractivity contribution in [1.82, 2.24) is 4.31 Å². The maximum atomic E-state index is 12.6. The van der Waals surface area contributed by atoms with E-state index in [0.29, 0.717) is 24.7 Å². The number of hydrogen-bond acceptors (Lipinski definition) is 3. The van der Waals surface area contributed by atoms with Crippen molar-refractivity contribution in [3.8, 4) is 0 Å². The predicted molar refractivity (Wildman–Crippen MR) is 116 cm³/mol. The number of benzene rings is 2. The van der Waals surface area contributed by atoms with Crippen LogP contribution in [0.4, 0.5) is 5.69 Å². The molecule has 2 aromatic rings. The molecule has 1 aliphatic heterocycles. The van der Waals surface area contributed by atoms with Crippen molar-refractivity contribution >= 4 is 21.6 Å². The molecular formula is C23H30N2O3S. The Hall–Kier alpha value is -2.18. The first-order valence-electron chi connectivity index (χ1n) is 10.3. The van der Waals surface area contributed by atoms with Gasteiger partial charge in [-0.3, -0.25) is 4.79 Å². The Balaban J connectivity index is 1.64. The Kier molecular flexibility index (Phi) is 6.75. The first-order valence-corrected chi connectivity index (χ1v) is 11.7. The van der Waals surface area contributed by atoms with Gasteiger partial charge in [-0.15, -0.1) is 0 Å². The molecule has 0 spiro atoms. The van der Waals surface area contributed by atoms with Gasteiger partial charge in [0.2, 0.25) is 15.9 Å². The number of anilines is 1. The minimum absolute atomic E-state index is 0.114. The summed E-state index contributed by atoms with van der Waals surface area (Å²) in [5.74, 6) is 0.187. The first-order chi connectivity index (χ1) is 13.8. The lowest BCUT2D eigenvalue weighted by molar-refractivity contribution is -0.117. The highest BCUT2D eigenvalue weighted by molar-refractivity contribution is 7.89. The van der Waals surface area contributed by atoms with Crippen LogP contribution in [0.2, 0.25) is 0 Å². The molecule has 3 rings (SSSR count). The minimum atomic E-state index is -3.44. The molecule has 0 aliphatic carbocycles. The van der Waals surface area contributed by atoms with Gasteiger partial charge in [-0.05, 0) is 67.5 Å². The van der Waals surface area contributed by atoms with Gasteiger partial charge >= 0.3 is 0 Å². The second-order valence-corrected chi connectivity index (χ2v) is 10.1. The first kappa shape index (κ1) is 21.5. The molecule has 1 aliphatic rings. The third kappa shape index (κ3) is 5.25. The highest BCUT2D eigenvalue weighted by atomic mass is 32.2. The molecule has 1 saturated heterocycles. The second kappa shape index (κ2) is 9.09. The number of hydrogen-bond donors (Lipinski definition) is 1. The molecule has 5 nitrogen and oxygen atoms in total. The molecule has 0 saturated carbocycles. The highest BCUT2D eigenvalue weighted by Crippen LogP contribution is 2.23. The summed E-state index contributed by atoms with van der Waals surface area (Å²) in [6.45, 7) is 7.40. The molecule has 6 heteroatoms. The van der Waals surface area contributed by atoms with Crippen molar-refractivity contribution in [2.45, 2.75) is 50.8 Å². The molecule has 0 radical (unpaired) electrons. The summed E-state index contributed by atoms with van der Waals surface area (Å²) in [6, 6.07) is 14.6. The molecule has 1 amide bonds. The van der Waals surface area contributed by atoms with E-state index < -0.39 is 10.0 Å². The molecule has 1 atom stereocenters. The Labute approximate surface area is 174 Å². The Morgan fingerprint density at radius 1 is 0.966 bits per heavy atom. The summed E-state index contributed by atoms with van der Waals surface area (Å²) in [6.07, 6.45) is 2.83. The summed E-state index contributed by atoms with van der Waals surface area (Å²) >= 11 is 0.